The minimum atomic E-state index is 0.398. The second kappa shape index (κ2) is 7.65. The summed E-state index contributed by atoms with van der Waals surface area (Å²) in [6.07, 6.45) is 0. The van der Waals surface area contributed by atoms with Crippen molar-refractivity contribution >= 4 is 21.6 Å². The van der Waals surface area contributed by atoms with Crippen molar-refractivity contribution < 1.29 is 4.74 Å². The van der Waals surface area contributed by atoms with E-state index in [-0.39, 0.29) is 0 Å². The van der Waals surface area contributed by atoms with E-state index in [1.807, 2.05) is 12.1 Å². The molecular formula is C12H19BrN2O. The Balaban J connectivity index is 2.16. The summed E-state index contributed by atoms with van der Waals surface area (Å²) in [5.41, 5.74) is 1.13. The average molecular weight is 287 g/mol. The Hall–Kier alpha value is -0.580. The van der Waals surface area contributed by atoms with Gasteiger partial charge in [-0.05, 0) is 25.1 Å². The van der Waals surface area contributed by atoms with Gasteiger partial charge in [0, 0.05) is 36.4 Å². The molecular weight excluding hydrogens is 268 g/mol. The third-order valence-corrected chi connectivity index (χ3v) is 2.68. The van der Waals surface area contributed by atoms with E-state index in [9.17, 15) is 0 Å². The van der Waals surface area contributed by atoms with Crippen molar-refractivity contribution in [3.05, 3.63) is 28.7 Å². The van der Waals surface area contributed by atoms with Crippen molar-refractivity contribution in [1.29, 1.82) is 0 Å². The lowest BCUT2D eigenvalue weighted by atomic mass is 10.3. The van der Waals surface area contributed by atoms with Crippen molar-refractivity contribution in [2.75, 3.05) is 32.1 Å². The van der Waals surface area contributed by atoms with E-state index in [0.29, 0.717) is 6.04 Å². The highest BCUT2D eigenvalue weighted by Crippen LogP contribution is 2.14. The molecule has 0 heterocycles. The van der Waals surface area contributed by atoms with Crippen LogP contribution in [-0.4, -0.2) is 32.8 Å². The highest BCUT2D eigenvalue weighted by atomic mass is 79.9. The summed E-state index contributed by atoms with van der Waals surface area (Å²) in [7, 11) is 1.72. The van der Waals surface area contributed by atoms with E-state index < -0.39 is 0 Å². The molecule has 4 heteroatoms. The quantitative estimate of drug-likeness (QED) is 0.756. The fourth-order valence-corrected chi connectivity index (χ4v) is 1.83. The summed E-state index contributed by atoms with van der Waals surface area (Å²) in [4.78, 5) is 0. The van der Waals surface area contributed by atoms with Gasteiger partial charge in [0.2, 0.25) is 0 Å². The fourth-order valence-electron chi connectivity index (χ4n) is 1.43. The van der Waals surface area contributed by atoms with Crippen LogP contribution >= 0.6 is 15.9 Å². The molecule has 0 bridgehead atoms. The Kier molecular flexibility index (Phi) is 6.45. The average Bonchev–Trinajstić information content (AvgIpc) is 2.25. The summed E-state index contributed by atoms with van der Waals surface area (Å²) in [6.45, 7) is 4.70. The number of anilines is 1. The van der Waals surface area contributed by atoms with Crippen molar-refractivity contribution in [2.45, 2.75) is 13.0 Å². The lowest BCUT2D eigenvalue weighted by molar-refractivity contribution is 0.173. The van der Waals surface area contributed by atoms with Gasteiger partial charge in [-0.1, -0.05) is 22.0 Å². The summed E-state index contributed by atoms with van der Waals surface area (Å²) in [5, 5.41) is 6.72. The lowest BCUT2D eigenvalue weighted by Crippen LogP contribution is -2.33. The van der Waals surface area contributed by atoms with Gasteiger partial charge in [-0.15, -0.1) is 0 Å². The number of ether oxygens (including phenoxy) is 1. The molecule has 0 radical (unpaired) electrons. The van der Waals surface area contributed by atoms with E-state index in [1.54, 1.807) is 7.11 Å². The van der Waals surface area contributed by atoms with E-state index in [0.717, 1.165) is 29.9 Å². The summed E-state index contributed by atoms with van der Waals surface area (Å²) in [6, 6.07) is 8.56. The van der Waals surface area contributed by atoms with Crippen molar-refractivity contribution in [2.24, 2.45) is 0 Å². The zero-order valence-corrected chi connectivity index (χ0v) is 11.4. The summed E-state index contributed by atoms with van der Waals surface area (Å²) in [5.74, 6) is 0. The number of benzene rings is 1. The van der Waals surface area contributed by atoms with Crippen LogP contribution < -0.4 is 10.6 Å². The predicted octanol–water partition coefficient (Wildman–Crippen LogP) is 2.49. The zero-order valence-electron chi connectivity index (χ0n) is 9.79. The first-order valence-corrected chi connectivity index (χ1v) is 6.23. The predicted molar refractivity (Wildman–Crippen MR) is 72.0 cm³/mol. The molecule has 1 unspecified atom stereocenters. The molecule has 3 nitrogen and oxygen atoms in total. The molecule has 1 aromatic carbocycles. The molecule has 1 rings (SSSR count). The van der Waals surface area contributed by atoms with Gasteiger partial charge in [0.05, 0.1) is 6.61 Å². The number of rotatable bonds is 7. The Labute approximate surface area is 106 Å². The largest absolute Gasteiger partial charge is 0.384 e. The van der Waals surface area contributed by atoms with Crippen LogP contribution in [-0.2, 0) is 4.74 Å². The Morgan fingerprint density at radius 3 is 2.88 bits per heavy atom. The molecule has 16 heavy (non-hydrogen) atoms. The molecule has 90 valence electrons. The van der Waals surface area contributed by atoms with Gasteiger partial charge in [0.25, 0.3) is 0 Å². The number of nitrogens with one attached hydrogen (secondary N) is 2. The molecule has 0 fully saturated rings. The van der Waals surface area contributed by atoms with E-state index in [2.05, 4.69) is 45.6 Å². The van der Waals surface area contributed by atoms with Crippen LogP contribution in [0.4, 0.5) is 5.69 Å². The van der Waals surface area contributed by atoms with Gasteiger partial charge < -0.3 is 15.4 Å². The first-order valence-electron chi connectivity index (χ1n) is 5.44. The molecule has 0 amide bonds. The number of halogens is 1. The number of hydrogen-bond acceptors (Lipinski definition) is 3. The third kappa shape index (κ3) is 5.49. The molecule has 1 atom stereocenters. The van der Waals surface area contributed by atoms with Crippen LogP contribution in [0, 0.1) is 0 Å². The highest BCUT2D eigenvalue weighted by Gasteiger charge is 1.98. The van der Waals surface area contributed by atoms with E-state index in [1.165, 1.54) is 0 Å². The SMILES string of the molecule is COCC(C)NCCNc1cccc(Br)c1. The summed E-state index contributed by atoms with van der Waals surface area (Å²) < 4.78 is 6.14. The molecule has 0 spiro atoms. The first-order chi connectivity index (χ1) is 7.72. The monoisotopic (exact) mass is 286 g/mol. The molecule has 0 aliphatic rings. The topological polar surface area (TPSA) is 33.3 Å². The zero-order chi connectivity index (χ0) is 11.8. The normalized spacial score (nSPS) is 12.4. The number of hydrogen-bond donors (Lipinski definition) is 2. The maximum atomic E-state index is 5.05. The molecule has 0 aromatic heterocycles. The third-order valence-electron chi connectivity index (χ3n) is 2.19. The fraction of sp³-hybridized carbons (Fsp3) is 0.500. The Bertz CT molecular complexity index is 307. The second-order valence-corrected chi connectivity index (χ2v) is 4.66. The van der Waals surface area contributed by atoms with Crippen LogP contribution in [0.2, 0.25) is 0 Å². The van der Waals surface area contributed by atoms with Gasteiger partial charge in [0.1, 0.15) is 0 Å². The molecule has 0 saturated carbocycles. The maximum absolute atomic E-state index is 5.05. The lowest BCUT2D eigenvalue weighted by Gasteiger charge is -2.13. The molecule has 0 saturated heterocycles. The molecule has 0 aliphatic carbocycles. The first kappa shape index (κ1) is 13.5. The standard InChI is InChI=1S/C12H19BrN2O/c1-10(9-16-2)14-6-7-15-12-5-3-4-11(13)8-12/h3-5,8,10,14-15H,6-7,9H2,1-2H3. The van der Waals surface area contributed by atoms with Gasteiger partial charge >= 0.3 is 0 Å². The van der Waals surface area contributed by atoms with Crippen LogP contribution in [0.3, 0.4) is 0 Å². The minimum absolute atomic E-state index is 0.398. The second-order valence-electron chi connectivity index (χ2n) is 3.75. The van der Waals surface area contributed by atoms with Crippen LogP contribution in [0.15, 0.2) is 28.7 Å². The minimum Gasteiger partial charge on any atom is -0.384 e. The number of methoxy groups -OCH3 is 1. The van der Waals surface area contributed by atoms with E-state index >= 15 is 0 Å². The Morgan fingerprint density at radius 2 is 2.19 bits per heavy atom. The van der Waals surface area contributed by atoms with Gasteiger partial charge in [-0.25, -0.2) is 0 Å². The van der Waals surface area contributed by atoms with Crippen molar-refractivity contribution in [1.82, 2.24) is 5.32 Å². The van der Waals surface area contributed by atoms with Crippen LogP contribution in [0.1, 0.15) is 6.92 Å². The highest BCUT2D eigenvalue weighted by molar-refractivity contribution is 9.10. The Morgan fingerprint density at radius 1 is 1.38 bits per heavy atom. The molecule has 0 aliphatic heterocycles. The van der Waals surface area contributed by atoms with Crippen molar-refractivity contribution in [3.63, 3.8) is 0 Å². The smallest absolute Gasteiger partial charge is 0.0613 e. The van der Waals surface area contributed by atoms with Gasteiger partial charge in [0.15, 0.2) is 0 Å². The molecule has 2 N–H and O–H groups in total. The van der Waals surface area contributed by atoms with Gasteiger partial charge in [-0.3, -0.25) is 0 Å². The van der Waals surface area contributed by atoms with E-state index in [4.69, 9.17) is 4.74 Å². The van der Waals surface area contributed by atoms with Crippen LogP contribution in [0.5, 0.6) is 0 Å². The van der Waals surface area contributed by atoms with Crippen LogP contribution in [0.25, 0.3) is 0 Å². The van der Waals surface area contributed by atoms with Gasteiger partial charge in [-0.2, -0.15) is 0 Å². The summed E-state index contributed by atoms with van der Waals surface area (Å²) >= 11 is 3.44. The maximum Gasteiger partial charge on any atom is 0.0613 e. The molecule has 1 aromatic rings. The van der Waals surface area contributed by atoms with Crippen molar-refractivity contribution in [3.8, 4) is 0 Å².